The Hall–Kier alpha value is -3.31. The summed E-state index contributed by atoms with van der Waals surface area (Å²) in [6, 6.07) is 26.2. The van der Waals surface area contributed by atoms with Gasteiger partial charge in [-0.25, -0.2) is 0 Å². The molecule has 1 unspecified atom stereocenters. The minimum absolute atomic E-state index is 0.113. The van der Waals surface area contributed by atoms with Crippen molar-refractivity contribution in [2.24, 2.45) is 11.7 Å². The maximum Gasteiger partial charge on any atom is 0.232 e. The molecule has 1 saturated heterocycles. The molecular formula is C27H28N2O3. The third-order valence-electron chi connectivity index (χ3n) is 6.89. The van der Waals surface area contributed by atoms with E-state index >= 15 is 0 Å². The molecule has 2 heterocycles. The molecule has 1 atom stereocenters. The van der Waals surface area contributed by atoms with E-state index in [-0.39, 0.29) is 11.8 Å². The number of primary amides is 1. The van der Waals surface area contributed by atoms with Gasteiger partial charge in [0.2, 0.25) is 12.7 Å². The molecule has 1 fully saturated rings. The molecule has 1 amide bonds. The van der Waals surface area contributed by atoms with E-state index in [9.17, 15) is 4.79 Å². The largest absolute Gasteiger partial charge is 0.454 e. The van der Waals surface area contributed by atoms with Gasteiger partial charge in [-0.05, 0) is 54.1 Å². The van der Waals surface area contributed by atoms with Crippen LogP contribution in [0, 0.1) is 5.92 Å². The van der Waals surface area contributed by atoms with Crippen molar-refractivity contribution in [1.29, 1.82) is 0 Å². The molecule has 0 saturated carbocycles. The Morgan fingerprint density at radius 3 is 2.25 bits per heavy atom. The van der Waals surface area contributed by atoms with E-state index < -0.39 is 5.41 Å². The summed E-state index contributed by atoms with van der Waals surface area (Å²) in [6.45, 7) is 3.00. The number of fused-ring (bicyclic) bond motifs is 1. The van der Waals surface area contributed by atoms with E-state index in [2.05, 4.69) is 17.0 Å². The Morgan fingerprint density at radius 1 is 0.938 bits per heavy atom. The average molecular weight is 429 g/mol. The molecule has 5 nitrogen and oxygen atoms in total. The normalized spacial score (nSPS) is 18.1. The van der Waals surface area contributed by atoms with Gasteiger partial charge in [-0.15, -0.1) is 0 Å². The van der Waals surface area contributed by atoms with Gasteiger partial charge < -0.3 is 20.1 Å². The molecule has 3 aromatic rings. The molecule has 5 heteroatoms. The smallest absolute Gasteiger partial charge is 0.232 e. The van der Waals surface area contributed by atoms with Crippen LogP contribution in [0.2, 0.25) is 0 Å². The van der Waals surface area contributed by atoms with Crippen molar-refractivity contribution in [2.75, 3.05) is 26.4 Å². The first-order valence-electron chi connectivity index (χ1n) is 11.2. The molecular weight excluding hydrogens is 400 g/mol. The molecule has 32 heavy (non-hydrogen) atoms. The predicted molar refractivity (Wildman–Crippen MR) is 124 cm³/mol. The number of carbonyl (C=O) groups excluding carboxylic acids is 1. The first kappa shape index (κ1) is 20.6. The Morgan fingerprint density at radius 2 is 1.59 bits per heavy atom. The van der Waals surface area contributed by atoms with Gasteiger partial charge >= 0.3 is 0 Å². The predicted octanol–water partition coefficient (Wildman–Crippen LogP) is 3.75. The minimum atomic E-state index is -0.837. The van der Waals surface area contributed by atoms with E-state index in [1.165, 1.54) is 5.56 Å². The SMILES string of the molecule is NC(=O)C(c1ccccc1)(c1ccccc1)C1CCN(CCc2ccc3c(c2)OCO3)C1. The summed E-state index contributed by atoms with van der Waals surface area (Å²) in [5, 5.41) is 0. The van der Waals surface area contributed by atoms with Gasteiger partial charge in [0.05, 0.1) is 0 Å². The van der Waals surface area contributed by atoms with Crippen LogP contribution >= 0.6 is 0 Å². The molecule has 0 bridgehead atoms. The maximum atomic E-state index is 13.2. The van der Waals surface area contributed by atoms with Gasteiger partial charge in [0.15, 0.2) is 11.5 Å². The van der Waals surface area contributed by atoms with Crippen molar-refractivity contribution >= 4 is 5.91 Å². The molecule has 0 aromatic heterocycles. The number of carbonyl (C=O) groups is 1. The highest BCUT2D eigenvalue weighted by Crippen LogP contribution is 2.43. The number of benzene rings is 3. The number of rotatable bonds is 7. The van der Waals surface area contributed by atoms with Gasteiger partial charge in [0.1, 0.15) is 5.41 Å². The van der Waals surface area contributed by atoms with Crippen LogP contribution < -0.4 is 15.2 Å². The van der Waals surface area contributed by atoms with Crippen LogP contribution in [0.25, 0.3) is 0 Å². The Balaban J connectivity index is 1.38. The fraction of sp³-hybridized carbons (Fsp3) is 0.296. The Kier molecular flexibility index (Phi) is 5.58. The Labute approximate surface area is 188 Å². The van der Waals surface area contributed by atoms with Gasteiger partial charge in [-0.2, -0.15) is 0 Å². The highest BCUT2D eigenvalue weighted by molar-refractivity contribution is 5.91. The van der Waals surface area contributed by atoms with Crippen LogP contribution in [-0.2, 0) is 16.6 Å². The monoisotopic (exact) mass is 428 g/mol. The van der Waals surface area contributed by atoms with Crippen molar-refractivity contribution in [3.8, 4) is 11.5 Å². The minimum Gasteiger partial charge on any atom is -0.454 e. The van der Waals surface area contributed by atoms with Crippen LogP contribution in [-0.4, -0.2) is 37.2 Å². The van der Waals surface area contributed by atoms with Crippen molar-refractivity contribution in [3.63, 3.8) is 0 Å². The first-order chi connectivity index (χ1) is 15.7. The fourth-order valence-corrected chi connectivity index (χ4v) is 5.30. The van der Waals surface area contributed by atoms with Crippen molar-refractivity contribution in [1.82, 2.24) is 4.90 Å². The van der Waals surface area contributed by atoms with E-state index in [1.807, 2.05) is 66.7 Å². The number of hydrogen-bond acceptors (Lipinski definition) is 4. The highest BCUT2D eigenvalue weighted by atomic mass is 16.7. The lowest BCUT2D eigenvalue weighted by Crippen LogP contribution is -2.49. The van der Waals surface area contributed by atoms with E-state index in [1.54, 1.807) is 0 Å². The summed E-state index contributed by atoms with van der Waals surface area (Å²) in [4.78, 5) is 15.6. The number of nitrogens with zero attached hydrogens (tertiary/aromatic N) is 1. The summed E-state index contributed by atoms with van der Waals surface area (Å²) in [7, 11) is 0. The second kappa shape index (κ2) is 8.67. The van der Waals surface area contributed by atoms with E-state index in [4.69, 9.17) is 15.2 Å². The number of amides is 1. The molecule has 3 aromatic carbocycles. The van der Waals surface area contributed by atoms with E-state index in [0.29, 0.717) is 6.79 Å². The zero-order chi connectivity index (χ0) is 22.0. The molecule has 0 spiro atoms. The van der Waals surface area contributed by atoms with Crippen LogP contribution in [0.5, 0.6) is 11.5 Å². The molecule has 164 valence electrons. The van der Waals surface area contributed by atoms with Crippen LogP contribution in [0.1, 0.15) is 23.1 Å². The van der Waals surface area contributed by atoms with Crippen LogP contribution in [0.15, 0.2) is 78.9 Å². The summed E-state index contributed by atoms with van der Waals surface area (Å²) < 4.78 is 10.9. The second-order valence-corrected chi connectivity index (χ2v) is 8.63. The maximum absolute atomic E-state index is 13.2. The molecule has 2 aliphatic heterocycles. The standard InChI is InChI=1S/C27H28N2O3/c28-26(30)27(21-7-3-1-4-8-21,22-9-5-2-6-10-22)23-14-16-29(18-23)15-13-20-11-12-24-25(17-20)32-19-31-24/h1-12,17,23H,13-16,18-19H2,(H2,28,30). The lowest BCUT2D eigenvalue weighted by atomic mass is 9.64. The number of ether oxygens (including phenoxy) is 2. The summed E-state index contributed by atoms with van der Waals surface area (Å²) >= 11 is 0. The van der Waals surface area contributed by atoms with Crippen molar-refractivity contribution in [2.45, 2.75) is 18.3 Å². The number of nitrogens with two attached hydrogens (primary N) is 1. The van der Waals surface area contributed by atoms with Gasteiger partial charge in [-0.3, -0.25) is 4.79 Å². The molecule has 0 radical (unpaired) electrons. The number of likely N-dealkylation sites (tertiary alicyclic amines) is 1. The highest BCUT2D eigenvalue weighted by Gasteiger charge is 2.49. The number of hydrogen-bond donors (Lipinski definition) is 1. The first-order valence-corrected chi connectivity index (χ1v) is 11.2. The second-order valence-electron chi connectivity index (χ2n) is 8.63. The van der Waals surface area contributed by atoms with Crippen molar-refractivity contribution < 1.29 is 14.3 Å². The molecule has 2 aliphatic rings. The van der Waals surface area contributed by atoms with Crippen LogP contribution in [0.3, 0.4) is 0 Å². The average Bonchev–Trinajstić information content (AvgIpc) is 3.49. The quantitative estimate of drug-likeness (QED) is 0.623. The summed E-state index contributed by atoms with van der Waals surface area (Å²) in [6.07, 6.45) is 1.84. The summed E-state index contributed by atoms with van der Waals surface area (Å²) in [5.74, 6) is 1.47. The topological polar surface area (TPSA) is 64.8 Å². The lowest BCUT2D eigenvalue weighted by molar-refractivity contribution is -0.123. The zero-order valence-electron chi connectivity index (χ0n) is 18.1. The summed E-state index contributed by atoms with van der Waals surface area (Å²) in [5.41, 5.74) is 8.53. The molecule has 2 N–H and O–H groups in total. The zero-order valence-corrected chi connectivity index (χ0v) is 18.1. The lowest BCUT2D eigenvalue weighted by Gasteiger charge is -2.37. The van der Waals surface area contributed by atoms with Crippen molar-refractivity contribution in [3.05, 3.63) is 95.6 Å². The fourth-order valence-electron chi connectivity index (χ4n) is 5.30. The Bertz CT molecular complexity index is 1050. The van der Waals surface area contributed by atoms with Gasteiger partial charge in [-0.1, -0.05) is 66.7 Å². The molecule has 5 rings (SSSR count). The van der Waals surface area contributed by atoms with Gasteiger partial charge in [0.25, 0.3) is 0 Å². The third kappa shape index (κ3) is 3.63. The van der Waals surface area contributed by atoms with Crippen LogP contribution in [0.4, 0.5) is 0 Å². The van der Waals surface area contributed by atoms with Gasteiger partial charge in [0, 0.05) is 13.1 Å². The van der Waals surface area contributed by atoms with E-state index in [0.717, 1.165) is 55.1 Å². The third-order valence-corrected chi connectivity index (χ3v) is 6.89. The molecule has 0 aliphatic carbocycles.